The van der Waals surface area contributed by atoms with Crippen LogP contribution in [0.25, 0.3) is 0 Å². The number of rotatable bonds is 4. The highest BCUT2D eigenvalue weighted by molar-refractivity contribution is 5.97. The van der Waals surface area contributed by atoms with Crippen LogP contribution in [0.4, 0.5) is 0 Å². The molecule has 4 heteroatoms. The van der Waals surface area contributed by atoms with E-state index in [2.05, 4.69) is 18.6 Å². The molecule has 2 fully saturated rings. The van der Waals surface area contributed by atoms with Crippen molar-refractivity contribution in [1.82, 2.24) is 0 Å². The minimum absolute atomic E-state index is 0.0144. The molecule has 0 aromatic heterocycles. The molecule has 4 nitrogen and oxygen atoms in total. The highest BCUT2D eigenvalue weighted by Gasteiger charge is 2.55. The number of esters is 1. The zero-order chi connectivity index (χ0) is 14.2. The third-order valence-electron chi connectivity index (χ3n) is 5.31. The summed E-state index contributed by atoms with van der Waals surface area (Å²) in [7, 11) is 3.09. The number of carbonyl (C=O) groups excluding carboxylic acids is 2. The lowest BCUT2D eigenvalue weighted by atomic mass is 9.72. The summed E-state index contributed by atoms with van der Waals surface area (Å²) in [5.41, 5.74) is -0.0386. The Labute approximate surface area is 114 Å². The molecule has 0 spiro atoms. The molecule has 2 aliphatic carbocycles. The van der Waals surface area contributed by atoms with Crippen LogP contribution in [0.1, 0.15) is 39.5 Å². The van der Waals surface area contributed by atoms with E-state index in [-0.39, 0.29) is 23.5 Å². The molecule has 108 valence electrons. The minimum Gasteiger partial charge on any atom is -0.469 e. The van der Waals surface area contributed by atoms with E-state index in [0.717, 1.165) is 19.3 Å². The summed E-state index contributed by atoms with van der Waals surface area (Å²) >= 11 is 0. The van der Waals surface area contributed by atoms with Gasteiger partial charge in [-0.1, -0.05) is 13.8 Å². The second kappa shape index (κ2) is 5.23. The smallest absolute Gasteiger partial charge is 0.313 e. The van der Waals surface area contributed by atoms with Gasteiger partial charge >= 0.3 is 5.97 Å². The van der Waals surface area contributed by atoms with Crippen LogP contribution in [0.5, 0.6) is 0 Å². The summed E-state index contributed by atoms with van der Waals surface area (Å²) in [6.45, 7) is 4.32. The van der Waals surface area contributed by atoms with Gasteiger partial charge in [-0.25, -0.2) is 0 Å². The maximum Gasteiger partial charge on any atom is 0.313 e. The van der Waals surface area contributed by atoms with Gasteiger partial charge in [-0.15, -0.1) is 0 Å². The Bertz CT molecular complexity index is 374. The summed E-state index contributed by atoms with van der Waals surface area (Å²) in [5.74, 6) is 0.697. The highest BCUT2D eigenvalue weighted by Crippen LogP contribution is 2.58. The fourth-order valence-corrected chi connectivity index (χ4v) is 4.19. The van der Waals surface area contributed by atoms with Gasteiger partial charge in [0.05, 0.1) is 13.2 Å². The number of Topliss-reactive ketones (excluding diaryl/α,β-unsaturated/α-hetero) is 1. The second-order valence-electron chi connectivity index (χ2n) is 6.52. The first kappa shape index (κ1) is 14.5. The van der Waals surface area contributed by atoms with E-state index in [9.17, 15) is 9.59 Å². The van der Waals surface area contributed by atoms with Crippen LogP contribution in [0.2, 0.25) is 0 Å². The van der Waals surface area contributed by atoms with Crippen molar-refractivity contribution in [3.8, 4) is 0 Å². The van der Waals surface area contributed by atoms with E-state index < -0.39 is 5.97 Å². The molecule has 0 saturated heterocycles. The Morgan fingerprint density at radius 1 is 1.16 bits per heavy atom. The Kier molecular flexibility index (Phi) is 4.00. The lowest BCUT2D eigenvalue weighted by Crippen LogP contribution is -2.32. The number of ketones is 1. The first-order valence-electron chi connectivity index (χ1n) is 7.02. The number of fused-ring (bicyclic) bond motifs is 1. The van der Waals surface area contributed by atoms with Crippen LogP contribution in [0, 0.1) is 23.2 Å². The molecule has 0 aliphatic heterocycles. The average Bonchev–Trinajstić information content (AvgIpc) is 2.87. The molecule has 0 bridgehead atoms. The van der Waals surface area contributed by atoms with E-state index in [0.29, 0.717) is 17.9 Å². The van der Waals surface area contributed by atoms with Crippen LogP contribution >= 0.6 is 0 Å². The predicted molar refractivity (Wildman–Crippen MR) is 70.5 cm³/mol. The number of hydrogen-bond donors (Lipinski definition) is 0. The molecular formula is C15H24O4. The van der Waals surface area contributed by atoms with Crippen molar-refractivity contribution in [2.75, 3.05) is 14.2 Å². The zero-order valence-corrected chi connectivity index (χ0v) is 12.3. The van der Waals surface area contributed by atoms with Crippen LogP contribution in [-0.4, -0.2) is 32.1 Å². The monoisotopic (exact) mass is 268 g/mol. The van der Waals surface area contributed by atoms with Gasteiger partial charge in [-0.3, -0.25) is 9.59 Å². The van der Waals surface area contributed by atoms with Crippen molar-refractivity contribution in [3.63, 3.8) is 0 Å². The standard InChI is InChI=1S/C15H24O4/c1-15(2)11-7-10(18-3)5-9(11)6-12(15)13(16)8-14(17)19-4/h9-12H,5-8H2,1-4H3/t9-,10-,11-,12+/m1/s1. The molecule has 0 amide bonds. The van der Waals surface area contributed by atoms with Gasteiger partial charge < -0.3 is 9.47 Å². The summed E-state index contributed by atoms with van der Waals surface area (Å²) in [5, 5.41) is 0. The molecular weight excluding hydrogens is 244 g/mol. The predicted octanol–water partition coefficient (Wildman–Crippen LogP) is 2.21. The van der Waals surface area contributed by atoms with Gasteiger partial charge in [0.2, 0.25) is 0 Å². The quantitative estimate of drug-likeness (QED) is 0.579. The Morgan fingerprint density at radius 3 is 2.37 bits per heavy atom. The zero-order valence-electron chi connectivity index (χ0n) is 12.3. The van der Waals surface area contributed by atoms with Crippen LogP contribution in [0.15, 0.2) is 0 Å². The normalized spacial score (nSPS) is 36.0. The Balaban J connectivity index is 2.06. The SMILES string of the molecule is COC(=O)CC(=O)[C@@H]1C[C@H]2C[C@@H](OC)C[C@H]2C1(C)C. The van der Waals surface area contributed by atoms with E-state index in [4.69, 9.17) is 4.74 Å². The highest BCUT2D eigenvalue weighted by atomic mass is 16.5. The topological polar surface area (TPSA) is 52.6 Å². The fourth-order valence-electron chi connectivity index (χ4n) is 4.19. The third kappa shape index (κ3) is 2.55. The Morgan fingerprint density at radius 2 is 1.84 bits per heavy atom. The van der Waals surface area contributed by atoms with Gasteiger partial charge in [0.25, 0.3) is 0 Å². The van der Waals surface area contributed by atoms with E-state index in [1.807, 2.05) is 0 Å². The Hall–Kier alpha value is -0.900. The van der Waals surface area contributed by atoms with Crippen molar-refractivity contribution < 1.29 is 19.1 Å². The lowest BCUT2D eigenvalue weighted by Gasteiger charge is -2.32. The molecule has 2 aliphatic rings. The van der Waals surface area contributed by atoms with Crippen LogP contribution in [0.3, 0.4) is 0 Å². The third-order valence-corrected chi connectivity index (χ3v) is 5.31. The van der Waals surface area contributed by atoms with Crippen molar-refractivity contribution in [2.45, 2.75) is 45.6 Å². The molecule has 0 radical (unpaired) electrons. The maximum atomic E-state index is 12.3. The molecule has 0 unspecified atom stereocenters. The molecule has 0 aromatic carbocycles. The van der Waals surface area contributed by atoms with Gasteiger partial charge in [0.15, 0.2) is 0 Å². The summed E-state index contributed by atoms with van der Waals surface area (Å²) in [4.78, 5) is 23.6. The van der Waals surface area contributed by atoms with E-state index >= 15 is 0 Å². The van der Waals surface area contributed by atoms with Crippen molar-refractivity contribution in [2.24, 2.45) is 23.2 Å². The van der Waals surface area contributed by atoms with Gasteiger partial charge in [0.1, 0.15) is 12.2 Å². The molecule has 4 atom stereocenters. The number of methoxy groups -OCH3 is 2. The number of hydrogen-bond acceptors (Lipinski definition) is 4. The largest absolute Gasteiger partial charge is 0.469 e. The number of ether oxygens (including phenoxy) is 2. The van der Waals surface area contributed by atoms with Gasteiger partial charge in [-0.2, -0.15) is 0 Å². The first-order valence-corrected chi connectivity index (χ1v) is 7.02. The van der Waals surface area contributed by atoms with Crippen molar-refractivity contribution in [1.29, 1.82) is 0 Å². The molecule has 2 rings (SSSR count). The molecule has 0 N–H and O–H groups in total. The van der Waals surface area contributed by atoms with Crippen molar-refractivity contribution in [3.05, 3.63) is 0 Å². The van der Waals surface area contributed by atoms with E-state index in [1.54, 1.807) is 7.11 Å². The number of carbonyl (C=O) groups is 2. The molecule has 0 heterocycles. The minimum atomic E-state index is -0.423. The fraction of sp³-hybridized carbons (Fsp3) is 0.867. The van der Waals surface area contributed by atoms with Crippen LogP contribution in [-0.2, 0) is 19.1 Å². The summed E-state index contributed by atoms with van der Waals surface area (Å²) < 4.78 is 10.1. The van der Waals surface area contributed by atoms with Crippen LogP contribution < -0.4 is 0 Å². The van der Waals surface area contributed by atoms with Gasteiger partial charge in [0, 0.05) is 13.0 Å². The summed E-state index contributed by atoms with van der Waals surface area (Å²) in [6.07, 6.45) is 3.24. The molecule has 19 heavy (non-hydrogen) atoms. The lowest BCUT2D eigenvalue weighted by molar-refractivity contribution is -0.145. The van der Waals surface area contributed by atoms with E-state index in [1.165, 1.54) is 7.11 Å². The summed E-state index contributed by atoms with van der Waals surface area (Å²) in [6, 6.07) is 0. The molecule has 0 aromatic rings. The second-order valence-corrected chi connectivity index (χ2v) is 6.52. The first-order chi connectivity index (χ1) is 8.90. The van der Waals surface area contributed by atoms with Gasteiger partial charge in [-0.05, 0) is 36.5 Å². The average molecular weight is 268 g/mol. The molecule has 2 saturated carbocycles. The maximum absolute atomic E-state index is 12.3. The van der Waals surface area contributed by atoms with Crippen molar-refractivity contribution >= 4 is 11.8 Å².